The van der Waals surface area contributed by atoms with Crippen molar-refractivity contribution in [3.63, 3.8) is 0 Å². The first-order valence-electron chi connectivity index (χ1n) is 3.96. The topological polar surface area (TPSA) is 0 Å². The van der Waals surface area contributed by atoms with E-state index in [0.29, 0.717) is 0 Å². The van der Waals surface area contributed by atoms with E-state index in [2.05, 4.69) is 13.2 Å². The van der Waals surface area contributed by atoms with Gasteiger partial charge in [-0.1, -0.05) is 60.7 Å². The van der Waals surface area contributed by atoms with Crippen LogP contribution in [-0.2, 0) is 0 Å². The summed E-state index contributed by atoms with van der Waals surface area (Å²) in [5.74, 6) is 0. The fourth-order valence-electron chi connectivity index (χ4n) is 0.385. The Morgan fingerprint density at radius 1 is 0.643 bits per heavy atom. The van der Waals surface area contributed by atoms with Gasteiger partial charge in [0.15, 0.2) is 0 Å². The third-order valence-corrected chi connectivity index (χ3v) is 1.40. The largest absolute Gasteiger partial charge is 1.00 e. The molecule has 0 atom stereocenters. The van der Waals surface area contributed by atoms with Gasteiger partial charge in [0.05, 0.1) is 0 Å². The van der Waals surface area contributed by atoms with Crippen LogP contribution in [0.1, 0.15) is 13.8 Å². The Hall–Kier alpha value is -0.105. The van der Waals surface area contributed by atoms with E-state index < -0.39 is 0 Å². The van der Waals surface area contributed by atoms with Crippen molar-refractivity contribution in [2.75, 3.05) is 0 Å². The van der Waals surface area contributed by atoms with Gasteiger partial charge in [-0.25, -0.2) is 0 Å². The van der Waals surface area contributed by atoms with Crippen LogP contribution in [0, 0.1) is 0 Å². The van der Waals surface area contributed by atoms with Gasteiger partial charge in [0, 0.05) is 0 Å². The molecule has 0 aliphatic carbocycles. The molecule has 0 aliphatic rings. The summed E-state index contributed by atoms with van der Waals surface area (Å²) < 4.78 is 0. The molecule has 0 aliphatic heterocycles. The second-order valence-corrected chi connectivity index (χ2v) is 2.72. The van der Waals surface area contributed by atoms with E-state index in [0.717, 1.165) is 11.1 Å². The van der Waals surface area contributed by atoms with Crippen molar-refractivity contribution in [3.8, 4) is 0 Å². The molecule has 0 fully saturated rings. The molecule has 0 saturated heterocycles. The monoisotopic (exact) mass is 174 g/mol. The van der Waals surface area contributed by atoms with Crippen molar-refractivity contribution >= 4 is 0 Å². The number of rotatable bonds is 1. The van der Waals surface area contributed by atoms with Crippen LogP contribution < -0.4 is 37.7 Å². The molecule has 1 rings (SSSR count). The SMILES string of the molecule is C=C(C)C(=C)C.[Li+].[Li+].c1ccccc1. The molecule has 0 unspecified atom stereocenters. The van der Waals surface area contributed by atoms with Gasteiger partial charge in [-0.05, 0) is 13.8 Å². The molecule has 0 spiro atoms. The van der Waals surface area contributed by atoms with Crippen LogP contribution >= 0.6 is 0 Å². The molecule has 0 radical (unpaired) electrons. The Kier molecular flexibility index (Phi) is 17.9. The fourth-order valence-corrected chi connectivity index (χ4v) is 0.385. The summed E-state index contributed by atoms with van der Waals surface area (Å²) in [6, 6.07) is 12.0. The minimum Gasteiger partial charge on any atom is -0.0959 e. The van der Waals surface area contributed by atoms with E-state index in [1.807, 2.05) is 50.2 Å². The summed E-state index contributed by atoms with van der Waals surface area (Å²) in [5, 5.41) is 0. The zero-order chi connectivity index (χ0) is 9.40. The first kappa shape index (κ1) is 19.5. The zero-order valence-electron chi connectivity index (χ0n) is 9.88. The third kappa shape index (κ3) is 14.4. The summed E-state index contributed by atoms with van der Waals surface area (Å²) in [4.78, 5) is 0. The van der Waals surface area contributed by atoms with Crippen LogP contribution in [-0.4, -0.2) is 0 Å². The Morgan fingerprint density at radius 3 is 0.857 bits per heavy atom. The average Bonchev–Trinajstić information content (AvgIpc) is 2.08. The molecule has 64 valence electrons. The molecule has 1 aromatic rings. The number of hydrogen-bond acceptors (Lipinski definition) is 0. The molecular weight excluding hydrogens is 158 g/mol. The Morgan fingerprint density at radius 2 is 0.786 bits per heavy atom. The first-order chi connectivity index (χ1) is 5.64. The van der Waals surface area contributed by atoms with Crippen LogP contribution in [0.2, 0.25) is 0 Å². The predicted octanol–water partition coefficient (Wildman–Crippen LogP) is -2.17. The van der Waals surface area contributed by atoms with Gasteiger partial charge in [0.2, 0.25) is 0 Å². The van der Waals surface area contributed by atoms with Crippen LogP contribution in [0.3, 0.4) is 0 Å². The maximum Gasteiger partial charge on any atom is 1.00 e. The van der Waals surface area contributed by atoms with E-state index in [9.17, 15) is 0 Å². The van der Waals surface area contributed by atoms with Crippen molar-refractivity contribution in [3.05, 3.63) is 60.7 Å². The summed E-state index contributed by atoms with van der Waals surface area (Å²) in [7, 11) is 0. The Bertz CT molecular complexity index is 201. The average molecular weight is 174 g/mol. The van der Waals surface area contributed by atoms with Gasteiger partial charge in [0.25, 0.3) is 0 Å². The summed E-state index contributed by atoms with van der Waals surface area (Å²) >= 11 is 0. The molecule has 0 saturated carbocycles. The third-order valence-electron chi connectivity index (χ3n) is 1.40. The van der Waals surface area contributed by atoms with Gasteiger partial charge >= 0.3 is 37.7 Å². The predicted molar refractivity (Wildman–Crippen MR) is 56.1 cm³/mol. The molecule has 14 heavy (non-hydrogen) atoms. The van der Waals surface area contributed by atoms with E-state index in [-0.39, 0.29) is 37.7 Å². The molecule has 1 aromatic carbocycles. The van der Waals surface area contributed by atoms with E-state index in [4.69, 9.17) is 0 Å². The van der Waals surface area contributed by atoms with Gasteiger partial charge in [0.1, 0.15) is 0 Å². The first-order valence-corrected chi connectivity index (χ1v) is 3.96. The summed E-state index contributed by atoms with van der Waals surface area (Å²) in [6.07, 6.45) is 0. The van der Waals surface area contributed by atoms with Crippen molar-refractivity contribution in [2.45, 2.75) is 13.8 Å². The van der Waals surface area contributed by atoms with Gasteiger partial charge in [-0.2, -0.15) is 0 Å². The van der Waals surface area contributed by atoms with Crippen molar-refractivity contribution < 1.29 is 37.7 Å². The maximum absolute atomic E-state index is 3.66. The van der Waals surface area contributed by atoms with Crippen molar-refractivity contribution in [1.82, 2.24) is 0 Å². The zero-order valence-corrected chi connectivity index (χ0v) is 9.88. The number of hydrogen-bond donors (Lipinski definition) is 0. The quantitative estimate of drug-likeness (QED) is 0.336. The molecule has 0 bridgehead atoms. The second kappa shape index (κ2) is 12.9. The van der Waals surface area contributed by atoms with Crippen LogP contribution in [0.15, 0.2) is 60.7 Å². The van der Waals surface area contributed by atoms with E-state index in [1.165, 1.54) is 0 Å². The second-order valence-electron chi connectivity index (χ2n) is 2.72. The van der Waals surface area contributed by atoms with E-state index in [1.54, 1.807) is 0 Å². The standard InChI is InChI=1S/C6H6.C6H10.2Li/c1-2-4-6-5-3-1;1-5(2)6(3)4;;/h1-6H;1,3H2,2,4H3;;/q;;2*+1. The minimum absolute atomic E-state index is 0. The van der Waals surface area contributed by atoms with Gasteiger partial charge < -0.3 is 0 Å². The smallest absolute Gasteiger partial charge is 0.0959 e. The van der Waals surface area contributed by atoms with Gasteiger partial charge in [-0.3, -0.25) is 0 Å². The number of benzene rings is 1. The molecule has 0 nitrogen and oxygen atoms in total. The van der Waals surface area contributed by atoms with Crippen molar-refractivity contribution in [1.29, 1.82) is 0 Å². The minimum atomic E-state index is 0. The maximum atomic E-state index is 3.66. The van der Waals surface area contributed by atoms with Gasteiger partial charge in [-0.15, -0.1) is 0 Å². The Labute approximate surface area is 112 Å². The molecule has 0 aromatic heterocycles. The molecular formula is C12H16Li2+2. The van der Waals surface area contributed by atoms with Crippen LogP contribution in [0.4, 0.5) is 0 Å². The molecule has 0 N–H and O–H groups in total. The summed E-state index contributed by atoms with van der Waals surface area (Å²) in [5.41, 5.74) is 2.13. The fraction of sp³-hybridized carbons (Fsp3) is 0.167. The Balaban J connectivity index is -0.000000151. The number of allylic oxidation sites excluding steroid dienone is 2. The van der Waals surface area contributed by atoms with Crippen molar-refractivity contribution in [2.24, 2.45) is 0 Å². The summed E-state index contributed by atoms with van der Waals surface area (Å²) in [6.45, 7) is 11.2. The molecule has 0 amide bonds. The molecule has 0 heterocycles. The van der Waals surface area contributed by atoms with Crippen LogP contribution in [0.25, 0.3) is 0 Å². The van der Waals surface area contributed by atoms with E-state index >= 15 is 0 Å². The van der Waals surface area contributed by atoms with Crippen LogP contribution in [0.5, 0.6) is 0 Å². The molecule has 2 heteroatoms. The normalized spacial score (nSPS) is 6.71.